The molecule has 0 spiro atoms. The number of ketones is 1. The summed E-state index contributed by atoms with van der Waals surface area (Å²) in [5.41, 5.74) is 7.26. The average molecular weight is 450 g/mol. The van der Waals surface area contributed by atoms with Gasteiger partial charge >= 0.3 is 0 Å². The Morgan fingerprint density at radius 3 is 2.53 bits per heavy atom. The summed E-state index contributed by atoms with van der Waals surface area (Å²) in [6.07, 6.45) is 2.81. The Bertz CT molecular complexity index is 1050. The van der Waals surface area contributed by atoms with E-state index in [0.717, 1.165) is 0 Å². The monoisotopic (exact) mass is 449 g/mol. The SMILES string of the molecule is CCOc1cc(-c2nc(C(=O)Cc3c(Cl)cncc3Cl)c([C@H](C)N)o2)ccc1OC. The van der Waals surface area contributed by atoms with Gasteiger partial charge in [0, 0.05) is 29.9 Å². The van der Waals surface area contributed by atoms with Crippen LogP contribution in [0, 0.1) is 0 Å². The molecule has 1 atom stereocenters. The van der Waals surface area contributed by atoms with E-state index in [4.69, 9.17) is 42.8 Å². The first-order valence-electron chi connectivity index (χ1n) is 9.24. The number of hydrogen-bond donors (Lipinski definition) is 1. The second-order valence-electron chi connectivity index (χ2n) is 6.50. The van der Waals surface area contributed by atoms with Crippen LogP contribution in [0.1, 0.15) is 41.7 Å². The molecule has 0 bridgehead atoms. The third-order valence-electron chi connectivity index (χ3n) is 4.33. The lowest BCUT2D eigenvalue weighted by atomic mass is 10.1. The molecule has 0 aliphatic heterocycles. The van der Waals surface area contributed by atoms with Crippen LogP contribution in [-0.2, 0) is 6.42 Å². The van der Waals surface area contributed by atoms with E-state index in [1.165, 1.54) is 12.4 Å². The number of rotatable bonds is 8. The van der Waals surface area contributed by atoms with Crippen LogP contribution in [0.3, 0.4) is 0 Å². The first-order valence-corrected chi connectivity index (χ1v) is 9.99. The van der Waals surface area contributed by atoms with Crippen molar-refractivity contribution in [2.24, 2.45) is 5.73 Å². The highest BCUT2D eigenvalue weighted by Crippen LogP contribution is 2.34. The van der Waals surface area contributed by atoms with Crippen LogP contribution in [0.25, 0.3) is 11.5 Å². The number of Topliss-reactive ketones (excluding diaryl/α,β-unsaturated/α-hetero) is 1. The zero-order valence-corrected chi connectivity index (χ0v) is 18.3. The fraction of sp³-hybridized carbons (Fsp3) is 0.286. The van der Waals surface area contributed by atoms with Gasteiger partial charge in [-0.05, 0) is 32.0 Å². The van der Waals surface area contributed by atoms with Gasteiger partial charge < -0.3 is 19.6 Å². The molecule has 2 heterocycles. The Morgan fingerprint density at radius 1 is 1.23 bits per heavy atom. The second kappa shape index (κ2) is 9.47. The molecule has 2 N–H and O–H groups in total. The molecule has 0 unspecified atom stereocenters. The van der Waals surface area contributed by atoms with Crippen LogP contribution in [-0.4, -0.2) is 29.5 Å². The quantitative estimate of drug-likeness (QED) is 0.488. The number of oxazole rings is 1. The number of nitrogens with zero attached hydrogens (tertiary/aromatic N) is 2. The first-order chi connectivity index (χ1) is 14.3. The largest absolute Gasteiger partial charge is 0.493 e. The molecule has 2 aromatic heterocycles. The molecule has 0 amide bonds. The van der Waals surface area contributed by atoms with E-state index in [1.54, 1.807) is 32.2 Å². The molecule has 7 nitrogen and oxygen atoms in total. The summed E-state index contributed by atoms with van der Waals surface area (Å²) >= 11 is 12.3. The van der Waals surface area contributed by atoms with Gasteiger partial charge in [0.25, 0.3) is 0 Å². The average Bonchev–Trinajstić information content (AvgIpc) is 3.17. The van der Waals surface area contributed by atoms with Crippen LogP contribution in [0.5, 0.6) is 11.5 Å². The Hall–Kier alpha value is -2.61. The fourth-order valence-corrected chi connectivity index (χ4v) is 3.39. The Morgan fingerprint density at radius 2 is 1.93 bits per heavy atom. The molecular weight excluding hydrogens is 429 g/mol. The summed E-state index contributed by atoms with van der Waals surface area (Å²) < 4.78 is 16.8. The van der Waals surface area contributed by atoms with Crippen molar-refractivity contribution in [3.63, 3.8) is 0 Å². The molecule has 0 aliphatic rings. The highest BCUT2D eigenvalue weighted by atomic mass is 35.5. The number of methoxy groups -OCH3 is 1. The van der Waals surface area contributed by atoms with E-state index in [2.05, 4.69) is 9.97 Å². The molecule has 3 aromatic rings. The van der Waals surface area contributed by atoms with E-state index < -0.39 is 6.04 Å². The topological polar surface area (TPSA) is 100 Å². The van der Waals surface area contributed by atoms with Gasteiger partial charge in [0.15, 0.2) is 28.7 Å². The molecule has 158 valence electrons. The summed E-state index contributed by atoms with van der Waals surface area (Å²) in [6.45, 7) is 4.05. The molecular formula is C21H21Cl2N3O4. The maximum atomic E-state index is 13.0. The van der Waals surface area contributed by atoms with Gasteiger partial charge in [-0.15, -0.1) is 0 Å². The summed E-state index contributed by atoms with van der Waals surface area (Å²) in [5, 5.41) is 0.608. The highest BCUT2D eigenvalue weighted by Gasteiger charge is 2.25. The number of pyridine rings is 1. The van der Waals surface area contributed by atoms with Crippen molar-refractivity contribution in [2.75, 3.05) is 13.7 Å². The first kappa shape index (κ1) is 22.1. The fourth-order valence-electron chi connectivity index (χ4n) is 2.89. The minimum atomic E-state index is -0.543. The van der Waals surface area contributed by atoms with Crippen molar-refractivity contribution in [1.82, 2.24) is 9.97 Å². The number of halogens is 2. The van der Waals surface area contributed by atoms with Gasteiger partial charge in [-0.1, -0.05) is 23.2 Å². The normalized spacial score (nSPS) is 11.9. The third kappa shape index (κ3) is 4.59. The molecule has 1 aromatic carbocycles. The number of carbonyl (C=O) groups excluding carboxylic acids is 1. The van der Waals surface area contributed by atoms with E-state index in [1.807, 2.05) is 6.92 Å². The van der Waals surface area contributed by atoms with Crippen LogP contribution >= 0.6 is 23.2 Å². The predicted octanol–water partition coefficient (Wildman–Crippen LogP) is 4.90. The lowest BCUT2D eigenvalue weighted by Gasteiger charge is -2.09. The number of aromatic nitrogens is 2. The number of hydrogen-bond acceptors (Lipinski definition) is 7. The number of benzene rings is 1. The number of carbonyl (C=O) groups is 1. The molecule has 0 radical (unpaired) electrons. The Labute approximate surface area is 184 Å². The van der Waals surface area contributed by atoms with Crippen LogP contribution in [0.15, 0.2) is 35.0 Å². The van der Waals surface area contributed by atoms with Crippen LogP contribution in [0.2, 0.25) is 10.0 Å². The van der Waals surface area contributed by atoms with Crippen LogP contribution < -0.4 is 15.2 Å². The summed E-state index contributed by atoms with van der Waals surface area (Å²) in [6, 6.07) is 4.71. The van der Waals surface area contributed by atoms with Gasteiger partial charge in [-0.3, -0.25) is 9.78 Å². The predicted molar refractivity (Wildman–Crippen MR) is 115 cm³/mol. The van der Waals surface area contributed by atoms with Crippen molar-refractivity contribution in [3.8, 4) is 23.0 Å². The molecule has 0 fully saturated rings. The Balaban J connectivity index is 2.00. The minimum absolute atomic E-state index is 0.0569. The van der Waals surface area contributed by atoms with Gasteiger partial charge in [0.1, 0.15) is 0 Å². The van der Waals surface area contributed by atoms with Crippen LogP contribution in [0.4, 0.5) is 0 Å². The van der Waals surface area contributed by atoms with Gasteiger partial charge in [-0.2, -0.15) is 0 Å². The molecule has 0 aliphatic carbocycles. The summed E-state index contributed by atoms with van der Waals surface area (Å²) in [4.78, 5) is 21.3. The second-order valence-corrected chi connectivity index (χ2v) is 7.32. The van der Waals surface area contributed by atoms with Crippen molar-refractivity contribution < 1.29 is 18.7 Å². The number of nitrogens with two attached hydrogens (primary N) is 1. The molecule has 0 saturated carbocycles. The molecule has 0 saturated heterocycles. The van der Waals surface area contributed by atoms with Crippen molar-refractivity contribution in [1.29, 1.82) is 0 Å². The molecule has 3 rings (SSSR count). The standard InChI is InChI=1S/C21H21Cl2N3O4/c1-4-29-18-7-12(5-6-17(18)28-3)21-26-19(20(30-21)11(2)24)16(27)8-13-14(22)9-25-10-15(13)23/h5-7,9-11H,4,8,24H2,1-3H3/t11-/m0/s1. The zero-order chi connectivity index (χ0) is 21.8. The van der Waals surface area contributed by atoms with Crippen molar-refractivity contribution in [3.05, 3.63) is 57.7 Å². The maximum absolute atomic E-state index is 13.0. The van der Waals surface area contributed by atoms with E-state index in [0.29, 0.717) is 39.3 Å². The molecule has 9 heteroatoms. The summed E-state index contributed by atoms with van der Waals surface area (Å²) in [7, 11) is 1.56. The van der Waals surface area contributed by atoms with Gasteiger partial charge in [0.05, 0.1) is 29.8 Å². The highest BCUT2D eigenvalue weighted by molar-refractivity contribution is 6.36. The van der Waals surface area contributed by atoms with E-state index in [9.17, 15) is 4.79 Å². The van der Waals surface area contributed by atoms with E-state index in [-0.39, 0.29) is 29.5 Å². The maximum Gasteiger partial charge on any atom is 0.227 e. The van der Waals surface area contributed by atoms with Crippen molar-refractivity contribution >= 4 is 29.0 Å². The third-order valence-corrected chi connectivity index (χ3v) is 4.98. The zero-order valence-electron chi connectivity index (χ0n) is 16.7. The lowest BCUT2D eigenvalue weighted by Crippen LogP contribution is -2.13. The van der Waals surface area contributed by atoms with Crippen molar-refractivity contribution in [2.45, 2.75) is 26.3 Å². The van der Waals surface area contributed by atoms with Gasteiger partial charge in [0.2, 0.25) is 5.89 Å². The Kier molecular flexibility index (Phi) is 6.97. The van der Waals surface area contributed by atoms with Gasteiger partial charge in [-0.25, -0.2) is 4.98 Å². The molecule has 30 heavy (non-hydrogen) atoms. The number of ether oxygens (including phenoxy) is 2. The summed E-state index contributed by atoms with van der Waals surface area (Å²) in [5.74, 6) is 1.34. The minimum Gasteiger partial charge on any atom is -0.493 e. The van der Waals surface area contributed by atoms with E-state index >= 15 is 0 Å². The lowest BCUT2D eigenvalue weighted by molar-refractivity contribution is 0.0986. The smallest absolute Gasteiger partial charge is 0.227 e.